The van der Waals surface area contributed by atoms with Crippen molar-refractivity contribution in [3.8, 4) is 5.69 Å². The largest absolute Gasteiger partial charge is 0.350 e. The quantitative estimate of drug-likeness (QED) is 0.630. The number of ketones is 1. The summed E-state index contributed by atoms with van der Waals surface area (Å²) in [5.74, 6) is -1.88. The van der Waals surface area contributed by atoms with Gasteiger partial charge in [0.1, 0.15) is 0 Å². The zero-order valence-electron chi connectivity index (χ0n) is 15.7. The summed E-state index contributed by atoms with van der Waals surface area (Å²) in [6.07, 6.45) is 0. The van der Waals surface area contributed by atoms with Gasteiger partial charge in [0.2, 0.25) is 5.91 Å². The molecule has 0 bridgehead atoms. The number of aryl methyl sites for hydroxylation is 1. The van der Waals surface area contributed by atoms with E-state index in [4.69, 9.17) is 0 Å². The highest BCUT2D eigenvalue weighted by Gasteiger charge is 2.25. The van der Waals surface area contributed by atoms with Crippen molar-refractivity contribution in [2.45, 2.75) is 40.2 Å². The van der Waals surface area contributed by atoms with Crippen LogP contribution in [0.25, 0.3) is 5.69 Å². The molecule has 1 aromatic heterocycles. The lowest BCUT2D eigenvalue weighted by molar-refractivity contribution is -0.125. The third-order valence-electron chi connectivity index (χ3n) is 3.65. The third-order valence-corrected chi connectivity index (χ3v) is 3.65. The molecular weight excluding hydrogens is 332 g/mol. The molecule has 0 radical (unpaired) electrons. The van der Waals surface area contributed by atoms with Gasteiger partial charge in [-0.15, -0.1) is 0 Å². The molecule has 7 nitrogen and oxygen atoms in total. The molecule has 2 N–H and O–H groups in total. The fourth-order valence-electron chi connectivity index (χ4n) is 2.61. The van der Waals surface area contributed by atoms with Crippen molar-refractivity contribution in [2.24, 2.45) is 0 Å². The van der Waals surface area contributed by atoms with Crippen molar-refractivity contribution in [1.29, 1.82) is 0 Å². The lowest BCUT2D eigenvalue weighted by Gasteiger charge is -2.20. The van der Waals surface area contributed by atoms with Crippen molar-refractivity contribution in [3.63, 3.8) is 0 Å². The lowest BCUT2D eigenvalue weighted by Crippen LogP contribution is -2.46. The molecule has 0 aliphatic heterocycles. The molecule has 0 aliphatic carbocycles. The van der Waals surface area contributed by atoms with E-state index in [0.717, 1.165) is 5.69 Å². The lowest BCUT2D eigenvalue weighted by atomic mass is 10.1. The molecule has 1 aromatic carbocycles. The molecule has 0 aliphatic rings. The van der Waals surface area contributed by atoms with Crippen molar-refractivity contribution in [1.82, 2.24) is 20.4 Å². The minimum atomic E-state index is -0.826. The average molecular weight is 356 g/mol. The first-order valence-electron chi connectivity index (χ1n) is 8.35. The number of Topliss-reactive ketones (excluding diaryl/α,β-unsaturated/α-hetero) is 1. The van der Waals surface area contributed by atoms with Gasteiger partial charge in [0, 0.05) is 5.54 Å². The highest BCUT2D eigenvalue weighted by molar-refractivity contribution is 6.43. The summed E-state index contributed by atoms with van der Waals surface area (Å²) in [4.78, 5) is 36.5. The summed E-state index contributed by atoms with van der Waals surface area (Å²) in [5.41, 5.74) is 1.69. The number of nitrogens with one attached hydrogen (secondary N) is 2. The number of para-hydroxylation sites is 1. The summed E-state index contributed by atoms with van der Waals surface area (Å²) < 4.78 is 1.63. The number of benzene rings is 1. The van der Waals surface area contributed by atoms with Gasteiger partial charge in [-0.1, -0.05) is 18.2 Å². The van der Waals surface area contributed by atoms with Crippen LogP contribution in [-0.2, 0) is 9.59 Å². The van der Waals surface area contributed by atoms with E-state index in [1.54, 1.807) is 18.5 Å². The van der Waals surface area contributed by atoms with E-state index in [0.29, 0.717) is 11.4 Å². The maximum Gasteiger partial charge on any atom is 0.292 e. The monoisotopic (exact) mass is 356 g/mol. The molecule has 2 aromatic rings. The van der Waals surface area contributed by atoms with E-state index < -0.39 is 17.2 Å². The van der Waals surface area contributed by atoms with Crippen molar-refractivity contribution >= 4 is 17.6 Å². The molecular formula is C19H24N4O3. The SMILES string of the molecule is Cc1nn(-c2ccccc2)c(C)c1C(=O)C(=O)NCC(=O)NC(C)(C)C. The van der Waals surface area contributed by atoms with Crippen LogP contribution in [0.2, 0.25) is 0 Å². The zero-order chi connectivity index (χ0) is 19.5. The Morgan fingerprint density at radius 2 is 1.69 bits per heavy atom. The van der Waals surface area contributed by atoms with Gasteiger partial charge >= 0.3 is 0 Å². The van der Waals surface area contributed by atoms with Gasteiger partial charge in [-0.3, -0.25) is 14.4 Å². The highest BCUT2D eigenvalue weighted by Crippen LogP contribution is 2.18. The van der Waals surface area contributed by atoms with Crippen molar-refractivity contribution < 1.29 is 14.4 Å². The molecule has 7 heteroatoms. The first-order valence-corrected chi connectivity index (χ1v) is 8.35. The summed E-state index contributed by atoms with van der Waals surface area (Å²) >= 11 is 0. The molecule has 26 heavy (non-hydrogen) atoms. The summed E-state index contributed by atoms with van der Waals surface area (Å²) in [6.45, 7) is 8.67. The second-order valence-corrected chi connectivity index (χ2v) is 7.10. The Hall–Kier alpha value is -2.96. The van der Waals surface area contributed by atoms with Crippen LogP contribution in [0.3, 0.4) is 0 Å². The van der Waals surface area contributed by atoms with Crippen molar-refractivity contribution in [3.05, 3.63) is 47.3 Å². The highest BCUT2D eigenvalue weighted by atomic mass is 16.2. The molecule has 0 fully saturated rings. The summed E-state index contributed by atoms with van der Waals surface area (Å²) in [5, 5.41) is 9.45. The van der Waals surface area contributed by atoms with Gasteiger partial charge in [0.25, 0.3) is 11.7 Å². The number of nitrogens with zero attached hydrogens (tertiary/aromatic N) is 2. The van der Waals surface area contributed by atoms with Crippen LogP contribution < -0.4 is 10.6 Å². The standard InChI is InChI=1S/C19H24N4O3/c1-12-16(13(2)23(22-12)14-9-7-6-8-10-14)17(25)18(26)20-11-15(24)21-19(3,4)5/h6-10H,11H2,1-5H3,(H,20,26)(H,21,24). The van der Waals surface area contributed by atoms with E-state index >= 15 is 0 Å². The normalized spacial score (nSPS) is 11.1. The first-order chi connectivity index (χ1) is 12.1. The Balaban J connectivity index is 2.13. The second-order valence-electron chi connectivity index (χ2n) is 7.10. The minimum absolute atomic E-state index is 0.252. The van der Waals surface area contributed by atoms with Gasteiger partial charge in [-0.05, 0) is 46.8 Å². The molecule has 0 unspecified atom stereocenters. The molecule has 1 heterocycles. The molecule has 138 valence electrons. The number of hydrogen-bond acceptors (Lipinski definition) is 4. The molecule has 0 spiro atoms. The van der Waals surface area contributed by atoms with Crippen LogP contribution in [0.5, 0.6) is 0 Å². The summed E-state index contributed by atoms with van der Waals surface area (Å²) in [7, 11) is 0. The average Bonchev–Trinajstić information content (AvgIpc) is 2.86. The molecule has 0 saturated heterocycles. The Morgan fingerprint density at radius 1 is 1.08 bits per heavy atom. The van der Waals surface area contributed by atoms with Crippen LogP contribution in [0.4, 0.5) is 0 Å². The number of carbonyl (C=O) groups excluding carboxylic acids is 3. The minimum Gasteiger partial charge on any atom is -0.350 e. The number of rotatable bonds is 5. The molecule has 2 rings (SSSR count). The van der Waals surface area contributed by atoms with Crippen LogP contribution >= 0.6 is 0 Å². The molecule has 2 amide bonds. The fraction of sp³-hybridized carbons (Fsp3) is 0.368. The van der Waals surface area contributed by atoms with E-state index in [-0.39, 0.29) is 18.0 Å². The molecule has 0 atom stereocenters. The van der Waals surface area contributed by atoms with Crippen LogP contribution in [0, 0.1) is 13.8 Å². The predicted molar refractivity (Wildman–Crippen MR) is 98.3 cm³/mol. The smallest absolute Gasteiger partial charge is 0.292 e. The number of carbonyl (C=O) groups is 3. The number of amides is 2. The van der Waals surface area contributed by atoms with E-state index in [9.17, 15) is 14.4 Å². The van der Waals surface area contributed by atoms with Gasteiger partial charge < -0.3 is 10.6 Å². The van der Waals surface area contributed by atoms with Crippen molar-refractivity contribution in [2.75, 3.05) is 6.54 Å². The van der Waals surface area contributed by atoms with Gasteiger partial charge in [0.05, 0.1) is 29.2 Å². The second kappa shape index (κ2) is 7.51. The zero-order valence-corrected chi connectivity index (χ0v) is 15.7. The van der Waals surface area contributed by atoms with Crippen LogP contribution in [0.15, 0.2) is 30.3 Å². The van der Waals surface area contributed by atoms with E-state index in [2.05, 4.69) is 15.7 Å². The molecule has 0 saturated carbocycles. The Bertz CT molecular complexity index is 832. The third kappa shape index (κ3) is 4.56. The Morgan fingerprint density at radius 3 is 2.27 bits per heavy atom. The Kier molecular flexibility index (Phi) is 5.59. The van der Waals surface area contributed by atoms with E-state index in [1.165, 1.54) is 0 Å². The maximum absolute atomic E-state index is 12.5. The first kappa shape index (κ1) is 19.4. The summed E-state index contributed by atoms with van der Waals surface area (Å²) in [6, 6.07) is 9.36. The number of hydrogen-bond donors (Lipinski definition) is 2. The number of aromatic nitrogens is 2. The van der Waals surface area contributed by atoms with Gasteiger partial charge in [-0.25, -0.2) is 4.68 Å². The van der Waals surface area contributed by atoms with Gasteiger partial charge in [-0.2, -0.15) is 5.10 Å². The Labute approximate surface area is 152 Å². The predicted octanol–water partition coefficient (Wildman–Crippen LogP) is 1.70. The van der Waals surface area contributed by atoms with Crippen LogP contribution in [0.1, 0.15) is 42.5 Å². The fourth-order valence-corrected chi connectivity index (χ4v) is 2.61. The maximum atomic E-state index is 12.5. The van der Waals surface area contributed by atoms with E-state index in [1.807, 2.05) is 51.1 Å². The van der Waals surface area contributed by atoms with Crippen LogP contribution in [-0.4, -0.2) is 39.5 Å². The van der Waals surface area contributed by atoms with Gasteiger partial charge in [0.15, 0.2) is 0 Å². The topological polar surface area (TPSA) is 93.1 Å².